The predicted molar refractivity (Wildman–Crippen MR) is 93.3 cm³/mol. The fourth-order valence-corrected chi connectivity index (χ4v) is 3.46. The molecule has 0 N–H and O–H groups in total. The van der Waals surface area contributed by atoms with E-state index in [9.17, 15) is 0 Å². The summed E-state index contributed by atoms with van der Waals surface area (Å²) in [4.78, 5) is 5.03. The van der Waals surface area contributed by atoms with Gasteiger partial charge in [-0.2, -0.15) is 0 Å². The van der Waals surface area contributed by atoms with Gasteiger partial charge in [0.1, 0.15) is 6.20 Å². The normalized spacial score (nSPS) is 12.2. The molecule has 0 bridgehead atoms. The molecule has 0 saturated carbocycles. The van der Waals surface area contributed by atoms with Crippen molar-refractivity contribution in [2.45, 2.75) is 27.2 Å². The summed E-state index contributed by atoms with van der Waals surface area (Å²) in [6.07, 6.45) is 3.17. The van der Waals surface area contributed by atoms with Gasteiger partial charge in [0.15, 0.2) is 5.69 Å². The fraction of sp³-hybridized carbons (Fsp3) is 0.238. The van der Waals surface area contributed by atoms with Crippen LogP contribution in [0.1, 0.15) is 27.9 Å². The smallest absolute Gasteiger partial charge is 0.232 e. The molecular weight excluding hydrogens is 280 g/mol. The lowest BCUT2D eigenvalue weighted by atomic mass is 10.0. The fourth-order valence-electron chi connectivity index (χ4n) is 3.46. The molecule has 1 aromatic heterocycles. The highest BCUT2D eigenvalue weighted by Crippen LogP contribution is 2.36. The number of aryl methyl sites for hydroxylation is 4. The molecule has 0 amide bonds. The van der Waals surface area contributed by atoms with E-state index in [1.807, 2.05) is 0 Å². The Balaban J connectivity index is 1.91. The second-order valence-electron chi connectivity index (χ2n) is 6.69. The van der Waals surface area contributed by atoms with Gasteiger partial charge >= 0.3 is 5.82 Å². The van der Waals surface area contributed by atoms with Crippen molar-refractivity contribution in [2.24, 2.45) is 7.05 Å². The molecule has 0 atom stereocenters. The molecule has 0 unspecified atom stereocenters. The van der Waals surface area contributed by atoms with Crippen molar-refractivity contribution in [1.82, 2.24) is 4.98 Å². The Morgan fingerprint density at radius 3 is 2.35 bits per heavy atom. The monoisotopic (exact) mass is 301 g/mol. The van der Waals surface area contributed by atoms with Crippen LogP contribution in [0.2, 0.25) is 0 Å². The molecule has 2 heteroatoms. The zero-order chi connectivity index (χ0) is 16.1. The third-order valence-electron chi connectivity index (χ3n) is 4.76. The highest BCUT2D eigenvalue weighted by atomic mass is 15.0. The summed E-state index contributed by atoms with van der Waals surface area (Å²) in [5.74, 6) is 1.05. The van der Waals surface area contributed by atoms with Crippen LogP contribution in [0.3, 0.4) is 0 Å². The minimum Gasteiger partial charge on any atom is -0.232 e. The number of benzene rings is 2. The van der Waals surface area contributed by atoms with E-state index in [1.165, 1.54) is 44.6 Å². The quantitative estimate of drug-likeness (QED) is 0.484. The van der Waals surface area contributed by atoms with Crippen molar-refractivity contribution in [1.29, 1.82) is 0 Å². The number of nitrogens with zero attached hydrogens (tertiary/aromatic N) is 2. The summed E-state index contributed by atoms with van der Waals surface area (Å²) in [5.41, 5.74) is 10.3. The summed E-state index contributed by atoms with van der Waals surface area (Å²) in [7, 11) is 2.10. The molecule has 114 valence electrons. The van der Waals surface area contributed by atoms with Gasteiger partial charge in [-0.15, -0.1) is 0 Å². The van der Waals surface area contributed by atoms with Gasteiger partial charge < -0.3 is 0 Å². The average molecular weight is 301 g/mol. The zero-order valence-electron chi connectivity index (χ0n) is 14.1. The summed E-state index contributed by atoms with van der Waals surface area (Å²) >= 11 is 0. The number of fused-ring (bicyclic) bond motifs is 3. The van der Waals surface area contributed by atoms with Crippen molar-refractivity contribution in [2.75, 3.05) is 0 Å². The number of aromatic nitrogens is 2. The van der Waals surface area contributed by atoms with Gasteiger partial charge in [0.05, 0.1) is 18.2 Å². The van der Waals surface area contributed by atoms with E-state index in [4.69, 9.17) is 4.98 Å². The first-order valence-corrected chi connectivity index (χ1v) is 8.10. The lowest BCUT2D eigenvalue weighted by Gasteiger charge is -2.06. The van der Waals surface area contributed by atoms with Crippen molar-refractivity contribution in [3.8, 4) is 22.5 Å². The predicted octanol–water partition coefficient (Wildman–Crippen LogP) is 4.07. The molecule has 0 spiro atoms. The molecule has 0 radical (unpaired) electrons. The molecule has 23 heavy (non-hydrogen) atoms. The second-order valence-corrected chi connectivity index (χ2v) is 6.69. The molecule has 1 aliphatic rings. The highest BCUT2D eigenvalue weighted by Gasteiger charge is 2.28. The lowest BCUT2D eigenvalue weighted by molar-refractivity contribution is -0.662. The topological polar surface area (TPSA) is 16.8 Å². The minimum absolute atomic E-state index is 0.934. The number of hydrogen-bond acceptors (Lipinski definition) is 1. The molecular formula is C21H21N2+. The van der Waals surface area contributed by atoms with Crippen molar-refractivity contribution in [3.63, 3.8) is 0 Å². The Hall–Kier alpha value is -2.48. The molecule has 0 aliphatic heterocycles. The molecule has 3 aromatic rings. The van der Waals surface area contributed by atoms with Crippen LogP contribution < -0.4 is 4.57 Å². The maximum Gasteiger partial charge on any atom is 0.330 e. The molecule has 2 aromatic carbocycles. The van der Waals surface area contributed by atoms with E-state index in [-0.39, 0.29) is 0 Å². The summed E-state index contributed by atoms with van der Waals surface area (Å²) in [6, 6.07) is 13.3. The van der Waals surface area contributed by atoms with Gasteiger partial charge in [0, 0.05) is 6.42 Å². The van der Waals surface area contributed by atoms with Crippen LogP contribution in [-0.4, -0.2) is 4.98 Å². The van der Waals surface area contributed by atoms with Crippen LogP contribution in [-0.2, 0) is 13.5 Å². The van der Waals surface area contributed by atoms with Gasteiger partial charge in [0.2, 0.25) is 0 Å². The highest BCUT2D eigenvalue weighted by molar-refractivity contribution is 5.75. The molecule has 0 saturated heterocycles. The molecule has 4 rings (SSSR count). The van der Waals surface area contributed by atoms with Gasteiger partial charge in [-0.25, -0.2) is 4.57 Å². The molecule has 1 aliphatic carbocycles. The first kappa shape index (κ1) is 14.1. The Kier molecular flexibility index (Phi) is 3.08. The van der Waals surface area contributed by atoms with E-state index in [1.54, 1.807) is 0 Å². The summed E-state index contributed by atoms with van der Waals surface area (Å²) in [5, 5.41) is 0. The standard InChI is InChI=1S/C21H21N2/c1-13-5-7-15(3)17(9-13)21-22-20-11-16-8-6-14(2)10-18(16)19(20)12-23(21)4/h5-10,12H,11H2,1-4H3/q+1. The van der Waals surface area contributed by atoms with Crippen LogP contribution in [0.5, 0.6) is 0 Å². The van der Waals surface area contributed by atoms with Crippen LogP contribution in [0.25, 0.3) is 22.5 Å². The lowest BCUT2D eigenvalue weighted by Crippen LogP contribution is -2.33. The van der Waals surface area contributed by atoms with Gasteiger partial charge in [-0.1, -0.05) is 41.5 Å². The minimum atomic E-state index is 0.934. The summed E-state index contributed by atoms with van der Waals surface area (Å²) < 4.78 is 2.16. The Labute approximate surface area is 137 Å². The van der Waals surface area contributed by atoms with Crippen molar-refractivity contribution < 1.29 is 4.57 Å². The van der Waals surface area contributed by atoms with Crippen molar-refractivity contribution in [3.05, 3.63) is 70.5 Å². The molecule has 1 heterocycles. The van der Waals surface area contributed by atoms with Crippen LogP contribution in [0.15, 0.2) is 42.6 Å². The van der Waals surface area contributed by atoms with Crippen LogP contribution >= 0.6 is 0 Å². The average Bonchev–Trinajstić information content (AvgIpc) is 2.86. The first-order chi connectivity index (χ1) is 11.0. The maximum absolute atomic E-state index is 5.03. The molecule has 0 fully saturated rings. The third-order valence-corrected chi connectivity index (χ3v) is 4.76. The number of hydrogen-bond donors (Lipinski definition) is 0. The third kappa shape index (κ3) is 2.26. The first-order valence-electron chi connectivity index (χ1n) is 8.10. The maximum atomic E-state index is 5.03. The SMILES string of the molecule is Cc1ccc(C)c(-c2nc3c(c[n+]2C)-c2cc(C)ccc2C3)c1. The summed E-state index contributed by atoms with van der Waals surface area (Å²) in [6.45, 7) is 6.44. The van der Waals surface area contributed by atoms with E-state index in [2.05, 4.69) is 75.0 Å². The Morgan fingerprint density at radius 1 is 0.870 bits per heavy atom. The Morgan fingerprint density at radius 2 is 1.57 bits per heavy atom. The Bertz CT molecular complexity index is 939. The van der Waals surface area contributed by atoms with Crippen LogP contribution in [0.4, 0.5) is 0 Å². The molecule has 2 nitrogen and oxygen atoms in total. The van der Waals surface area contributed by atoms with E-state index in [0.717, 1.165) is 12.2 Å². The van der Waals surface area contributed by atoms with E-state index >= 15 is 0 Å². The van der Waals surface area contributed by atoms with Gasteiger partial charge in [0.25, 0.3) is 0 Å². The second kappa shape index (κ2) is 5.02. The van der Waals surface area contributed by atoms with Gasteiger partial charge in [-0.05, 0) is 48.5 Å². The van der Waals surface area contributed by atoms with Crippen molar-refractivity contribution >= 4 is 0 Å². The van der Waals surface area contributed by atoms with Gasteiger partial charge in [-0.3, -0.25) is 0 Å². The largest absolute Gasteiger partial charge is 0.330 e. The van der Waals surface area contributed by atoms with Crippen LogP contribution in [0, 0.1) is 20.8 Å². The van der Waals surface area contributed by atoms with E-state index in [0.29, 0.717) is 0 Å². The van der Waals surface area contributed by atoms with E-state index < -0.39 is 0 Å². The zero-order valence-corrected chi connectivity index (χ0v) is 14.1. The number of rotatable bonds is 1.